The van der Waals surface area contributed by atoms with Gasteiger partial charge in [-0.25, -0.2) is 0 Å². The molecule has 1 aromatic carbocycles. The predicted octanol–water partition coefficient (Wildman–Crippen LogP) is 0.428. The van der Waals surface area contributed by atoms with E-state index in [4.69, 9.17) is 9.47 Å². The zero-order valence-electron chi connectivity index (χ0n) is 13.9. The molecule has 1 aliphatic rings. The van der Waals surface area contributed by atoms with Gasteiger partial charge < -0.3 is 19.7 Å². The van der Waals surface area contributed by atoms with Crippen LogP contribution in [-0.4, -0.2) is 45.8 Å². The van der Waals surface area contributed by atoms with Gasteiger partial charge in [0.2, 0.25) is 0 Å². The first-order chi connectivity index (χ1) is 10.5. The minimum absolute atomic E-state index is 0.0271. The zero-order valence-corrected chi connectivity index (χ0v) is 13.9. The Bertz CT molecular complexity index is 515. The van der Waals surface area contributed by atoms with E-state index in [1.165, 1.54) is 10.5 Å². The van der Waals surface area contributed by atoms with Crippen LogP contribution in [0.2, 0.25) is 0 Å². The number of carbonyl (C=O) groups is 1. The van der Waals surface area contributed by atoms with Gasteiger partial charge in [-0.15, -0.1) is 0 Å². The summed E-state index contributed by atoms with van der Waals surface area (Å²) in [6.45, 7) is 2.89. The molecule has 1 aliphatic carbocycles. The Morgan fingerprint density at radius 2 is 2.00 bits per heavy atom. The summed E-state index contributed by atoms with van der Waals surface area (Å²) in [5.41, 5.74) is 1.19. The smallest absolute Gasteiger partial charge is 0.278 e. The maximum Gasteiger partial charge on any atom is 0.278 e. The van der Waals surface area contributed by atoms with E-state index in [2.05, 4.69) is 12.4 Å². The van der Waals surface area contributed by atoms with Crippen LogP contribution in [0.15, 0.2) is 18.2 Å². The average molecular weight is 307 g/mol. The van der Waals surface area contributed by atoms with Crippen LogP contribution in [0.4, 0.5) is 0 Å². The Balaban J connectivity index is 1.86. The minimum Gasteiger partial charge on any atom is -0.493 e. The summed E-state index contributed by atoms with van der Waals surface area (Å²) in [6, 6.07) is 6.37. The Labute approximate surface area is 132 Å². The molecule has 0 radical (unpaired) electrons. The first kappa shape index (κ1) is 16.6. The van der Waals surface area contributed by atoms with Crippen LogP contribution in [0.3, 0.4) is 0 Å². The monoisotopic (exact) mass is 307 g/mol. The molecule has 1 amide bonds. The molecule has 0 heterocycles. The molecule has 2 atom stereocenters. The highest BCUT2D eigenvalue weighted by Crippen LogP contribution is 2.27. The second-order valence-electron chi connectivity index (χ2n) is 6.04. The number of quaternary nitrogens is 1. The van der Waals surface area contributed by atoms with E-state index in [1.807, 2.05) is 25.1 Å². The van der Waals surface area contributed by atoms with Crippen LogP contribution in [0.1, 0.15) is 25.3 Å². The number of ether oxygens (including phenoxy) is 2. The Hall–Kier alpha value is -1.75. The first-order valence-corrected chi connectivity index (χ1v) is 7.88. The summed E-state index contributed by atoms with van der Waals surface area (Å²) >= 11 is 0. The van der Waals surface area contributed by atoms with Crippen LogP contribution in [-0.2, 0) is 11.2 Å². The molecule has 5 nitrogen and oxygen atoms in total. The molecule has 0 aliphatic heterocycles. The molecular weight excluding hydrogens is 280 g/mol. The average Bonchev–Trinajstić information content (AvgIpc) is 3.35. The van der Waals surface area contributed by atoms with Crippen molar-refractivity contribution in [2.24, 2.45) is 0 Å². The highest BCUT2D eigenvalue weighted by atomic mass is 16.5. The van der Waals surface area contributed by atoms with Crippen molar-refractivity contribution < 1.29 is 19.2 Å². The largest absolute Gasteiger partial charge is 0.493 e. The normalized spacial score (nSPS) is 16.7. The van der Waals surface area contributed by atoms with Crippen LogP contribution in [0, 0.1) is 0 Å². The molecule has 0 saturated heterocycles. The fourth-order valence-corrected chi connectivity index (χ4v) is 2.37. The van der Waals surface area contributed by atoms with Gasteiger partial charge >= 0.3 is 0 Å². The predicted molar refractivity (Wildman–Crippen MR) is 85.6 cm³/mol. The number of methoxy groups -OCH3 is 2. The van der Waals surface area contributed by atoms with Gasteiger partial charge in [-0.2, -0.15) is 0 Å². The van der Waals surface area contributed by atoms with Gasteiger partial charge in [0.25, 0.3) is 5.91 Å². The van der Waals surface area contributed by atoms with Crippen molar-refractivity contribution in [2.45, 2.75) is 38.3 Å². The number of hydrogen-bond acceptors (Lipinski definition) is 3. The van der Waals surface area contributed by atoms with E-state index in [9.17, 15) is 4.79 Å². The number of carbonyl (C=O) groups excluding carboxylic acids is 1. The molecule has 1 aromatic rings. The second kappa shape index (κ2) is 7.49. The van der Waals surface area contributed by atoms with Crippen molar-refractivity contribution in [3.8, 4) is 11.5 Å². The summed E-state index contributed by atoms with van der Waals surface area (Å²) in [4.78, 5) is 13.3. The van der Waals surface area contributed by atoms with Crippen LogP contribution in [0.25, 0.3) is 0 Å². The highest BCUT2D eigenvalue weighted by molar-refractivity contribution is 5.80. The maximum absolute atomic E-state index is 12.1. The number of amides is 1. The van der Waals surface area contributed by atoms with Gasteiger partial charge in [-0.3, -0.25) is 4.79 Å². The first-order valence-electron chi connectivity index (χ1n) is 7.88. The molecule has 2 rings (SSSR count). The minimum atomic E-state index is -0.0271. The maximum atomic E-state index is 12.1. The van der Waals surface area contributed by atoms with Crippen molar-refractivity contribution in [3.63, 3.8) is 0 Å². The lowest BCUT2D eigenvalue weighted by molar-refractivity contribution is -0.894. The number of likely N-dealkylation sites (N-methyl/N-ethyl adjacent to an activating group) is 1. The van der Waals surface area contributed by atoms with E-state index in [1.54, 1.807) is 14.2 Å². The van der Waals surface area contributed by atoms with Crippen molar-refractivity contribution in [1.29, 1.82) is 0 Å². The third-order valence-corrected chi connectivity index (χ3v) is 4.31. The highest BCUT2D eigenvalue weighted by Gasteiger charge is 2.28. The van der Waals surface area contributed by atoms with E-state index >= 15 is 0 Å². The number of rotatable bonds is 8. The third kappa shape index (κ3) is 4.37. The third-order valence-electron chi connectivity index (χ3n) is 4.31. The summed E-state index contributed by atoms with van der Waals surface area (Å²) in [5, 5.41) is 3.07. The summed E-state index contributed by atoms with van der Waals surface area (Å²) < 4.78 is 10.6. The lowest BCUT2D eigenvalue weighted by Gasteiger charge is -2.21. The fraction of sp³-hybridized carbons (Fsp3) is 0.588. The van der Waals surface area contributed by atoms with Gasteiger partial charge in [0.15, 0.2) is 17.5 Å². The van der Waals surface area contributed by atoms with Gasteiger partial charge in [0.1, 0.15) is 0 Å². The summed E-state index contributed by atoms with van der Waals surface area (Å²) in [5.74, 6) is 1.65. The van der Waals surface area contributed by atoms with E-state index in [-0.39, 0.29) is 11.9 Å². The topological polar surface area (TPSA) is 52.0 Å². The lowest BCUT2D eigenvalue weighted by atomic mass is 10.1. The standard InChI is InChI=1S/C17H26N2O3/c1-12(17(20)18-14-6-7-14)19(2)10-9-13-5-8-15(21-3)16(11-13)22-4/h5,8,11-12,14H,6-7,9-10H2,1-4H3,(H,18,20)/p+1/t12-/m0/s1. The molecule has 0 spiro atoms. The molecule has 2 N–H and O–H groups in total. The van der Waals surface area contributed by atoms with Gasteiger partial charge in [0.05, 0.1) is 27.8 Å². The fourth-order valence-electron chi connectivity index (χ4n) is 2.37. The molecule has 1 fully saturated rings. The Morgan fingerprint density at radius 1 is 1.32 bits per heavy atom. The van der Waals surface area contributed by atoms with E-state index in [0.717, 1.165) is 37.3 Å². The zero-order chi connectivity index (χ0) is 16.1. The Morgan fingerprint density at radius 3 is 2.59 bits per heavy atom. The second-order valence-corrected chi connectivity index (χ2v) is 6.04. The number of benzene rings is 1. The van der Waals surface area contributed by atoms with E-state index in [0.29, 0.717) is 6.04 Å². The van der Waals surface area contributed by atoms with Gasteiger partial charge in [-0.05, 0) is 37.5 Å². The molecule has 0 bridgehead atoms. The van der Waals surface area contributed by atoms with Crippen molar-refractivity contribution in [2.75, 3.05) is 27.8 Å². The van der Waals surface area contributed by atoms with Crippen molar-refractivity contribution >= 4 is 5.91 Å². The summed E-state index contributed by atoms with van der Waals surface area (Å²) in [7, 11) is 5.34. The molecule has 5 heteroatoms. The lowest BCUT2D eigenvalue weighted by Crippen LogP contribution is -3.14. The van der Waals surface area contributed by atoms with Crippen LogP contribution >= 0.6 is 0 Å². The molecule has 22 heavy (non-hydrogen) atoms. The number of nitrogens with one attached hydrogen (secondary N) is 2. The number of hydrogen-bond donors (Lipinski definition) is 2. The molecule has 1 saturated carbocycles. The molecule has 122 valence electrons. The SMILES string of the molecule is COc1ccc(CC[NH+](C)[C@@H](C)C(=O)NC2CC2)cc1OC. The quantitative estimate of drug-likeness (QED) is 0.732. The van der Waals surface area contributed by atoms with Gasteiger partial charge in [-0.1, -0.05) is 6.07 Å². The molecule has 1 unspecified atom stereocenters. The Kier molecular flexibility index (Phi) is 5.66. The van der Waals surface area contributed by atoms with Crippen LogP contribution in [0.5, 0.6) is 11.5 Å². The van der Waals surface area contributed by atoms with Crippen molar-refractivity contribution in [1.82, 2.24) is 5.32 Å². The van der Waals surface area contributed by atoms with Crippen LogP contribution < -0.4 is 19.7 Å². The van der Waals surface area contributed by atoms with Crippen molar-refractivity contribution in [3.05, 3.63) is 23.8 Å². The molecular formula is C17H27N2O3+. The van der Waals surface area contributed by atoms with E-state index < -0.39 is 0 Å². The summed E-state index contributed by atoms with van der Waals surface area (Å²) in [6.07, 6.45) is 3.15. The van der Waals surface area contributed by atoms with Gasteiger partial charge in [0, 0.05) is 12.5 Å². The molecule has 0 aromatic heterocycles.